The van der Waals surface area contributed by atoms with Crippen molar-refractivity contribution in [3.63, 3.8) is 0 Å². The standard InChI is InChI=1S/C7H12N6O/c1-5-10-6(8-4-9-14)12-7(11-5)13(2)3/h4,14H,1-3H3,(H,8,9,10,11,12). The topological polar surface area (TPSA) is 86.5 Å². The van der Waals surface area contributed by atoms with Crippen molar-refractivity contribution in [2.45, 2.75) is 6.92 Å². The van der Waals surface area contributed by atoms with Gasteiger partial charge < -0.3 is 15.4 Å². The van der Waals surface area contributed by atoms with E-state index in [1.807, 2.05) is 14.1 Å². The fourth-order valence-electron chi connectivity index (χ4n) is 0.819. The number of hydrogen-bond acceptors (Lipinski definition) is 6. The van der Waals surface area contributed by atoms with Crippen LogP contribution < -0.4 is 10.2 Å². The first-order valence-electron chi connectivity index (χ1n) is 3.96. The maximum absolute atomic E-state index is 8.20. The zero-order valence-corrected chi connectivity index (χ0v) is 8.26. The predicted molar refractivity (Wildman–Crippen MR) is 52.8 cm³/mol. The molecule has 1 aromatic rings. The van der Waals surface area contributed by atoms with E-state index in [-0.39, 0.29) is 0 Å². The zero-order chi connectivity index (χ0) is 10.6. The van der Waals surface area contributed by atoms with Gasteiger partial charge in [-0.25, -0.2) is 0 Å². The second-order valence-electron chi connectivity index (χ2n) is 2.79. The lowest BCUT2D eigenvalue weighted by Crippen LogP contribution is -2.15. The Morgan fingerprint density at radius 1 is 1.36 bits per heavy atom. The summed E-state index contributed by atoms with van der Waals surface area (Å²) in [6.45, 7) is 1.76. The molecule has 0 unspecified atom stereocenters. The van der Waals surface area contributed by atoms with Gasteiger partial charge >= 0.3 is 0 Å². The number of nitrogens with one attached hydrogen (secondary N) is 1. The molecule has 0 aliphatic heterocycles. The number of rotatable bonds is 3. The summed E-state index contributed by atoms with van der Waals surface area (Å²) in [7, 11) is 3.66. The van der Waals surface area contributed by atoms with Gasteiger partial charge in [-0.3, -0.25) is 0 Å². The van der Waals surface area contributed by atoms with Crippen molar-refractivity contribution in [2.75, 3.05) is 24.3 Å². The molecule has 1 rings (SSSR count). The Morgan fingerprint density at radius 2 is 2.07 bits per heavy atom. The average molecular weight is 196 g/mol. The van der Waals surface area contributed by atoms with E-state index in [1.54, 1.807) is 11.8 Å². The summed E-state index contributed by atoms with van der Waals surface area (Å²) in [5.41, 5.74) is 0. The first kappa shape index (κ1) is 10.2. The Morgan fingerprint density at radius 3 is 2.64 bits per heavy atom. The van der Waals surface area contributed by atoms with Gasteiger partial charge in [-0.15, -0.1) is 0 Å². The van der Waals surface area contributed by atoms with Gasteiger partial charge in [-0.1, -0.05) is 5.16 Å². The summed E-state index contributed by atoms with van der Waals surface area (Å²) >= 11 is 0. The van der Waals surface area contributed by atoms with Crippen LogP contribution in [0.15, 0.2) is 5.16 Å². The Labute approximate surface area is 81.5 Å². The van der Waals surface area contributed by atoms with E-state index in [1.165, 1.54) is 0 Å². The highest BCUT2D eigenvalue weighted by Gasteiger charge is 2.03. The minimum absolute atomic E-state index is 0.346. The van der Waals surface area contributed by atoms with Gasteiger partial charge in [0, 0.05) is 14.1 Å². The molecule has 2 N–H and O–H groups in total. The molecule has 7 nitrogen and oxygen atoms in total. The maximum atomic E-state index is 8.20. The predicted octanol–water partition coefficient (Wildman–Crippen LogP) is 0.0754. The molecule has 0 aliphatic rings. The lowest BCUT2D eigenvalue weighted by Gasteiger charge is -2.10. The molecule has 1 aromatic heterocycles. The number of aromatic nitrogens is 3. The van der Waals surface area contributed by atoms with Crippen molar-refractivity contribution in [1.82, 2.24) is 15.0 Å². The number of aryl methyl sites for hydroxylation is 1. The van der Waals surface area contributed by atoms with Crippen molar-refractivity contribution in [3.05, 3.63) is 5.82 Å². The summed E-state index contributed by atoms with van der Waals surface area (Å²) in [6.07, 6.45) is 1.09. The second-order valence-corrected chi connectivity index (χ2v) is 2.79. The Balaban J connectivity index is 2.95. The van der Waals surface area contributed by atoms with E-state index >= 15 is 0 Å². The van der Waals surface area contributed by atoms with Crippen molar-refractivity contribution in [3.8, 4) is 0 Å². The quantitative estimate of drug-likeness (QED) is 0.308. The first-order valence-corrected chi connectivity index (χ1v) is 3.96. The van der Waals surface area contributed by atoms with Crippen LogP contribution in [0.5, 0.6) is 0 Å². The van der Waals surface area contributed by atoms with Crippen LogP contribution in [0.4, 0.5) is 11.9 Å². The number of hydrogen-bond donors (Lipinski definition) is 2. The fraction of sp³-hybridized carbons (Fsp3) is 0.429. The minimum atomic E-state index is 0.346. The third-order valence-electron chi connectivity index (χ3n) is 1.39. The molecule has 0 spiro atoms. The third kappa shape index (κ3) is 2.54. The van der Waals surface area contributed by atoms with Crippen molar-refractivity contribution >= 4 is 18.2 Å². The van der Waals surface area contributed by atoms with Gasteiger partial charge in [0.2, 0.25) is 11.9 Å². The largest absolute Gasteiger partial charge is 0.410 e. The highest BCUT2D eigenvalue weighted by Crippen LogP contribution is 2.06. The average Bonchev–Trinajstić information content (AvgIpc) is 2.14. The molecule has 0 bridgehead atoms. The number of nitrogens with zero attached hydrogens (tertiary/aromatic N) is 5. The molecular weight excluding hydrogens is 184 g/mol. The Kier molecular flexibility index (Phi) is 3.16. The molecule has 0 fully saturated rings. The van der Waals surface area contributed by atoms with E-state index in [2.05, 4.69) is 25.4 Å². The second kappa shape index (κ2) is 4.35. The van der Waals surface area contributed by atoms with Crippen LogP contribution in [-0.4, -0.2) is 40.6 Å². The van der Waals surface area contributed by atoms with Gasteiger partial charge in [0.25, 0.3) is 0 Å². The summed E-state index contributed by atoms with van der Waals surface area (Å²) in [6, 6.07) is 0. The molecule has 14 heavy (non-hydrogen) atoms. The van der Waals surface area contributed by atoms with E-state index in [0.29, 0.717) is 17.7 Å². The fourth-order valence-corrected chi connectivity index (χ4v) is 0.819. The molecule has 0 saturated heterocycles. The summed E-state index contributed by atoms with van der Waals surface area (Å²) in [5.74, 6) is 1.49. The van der Waals surface area contributed by atoms with Crippen LogP contribution in [0.1, 0.15) is 5.82 Å². The lowest BCUT2D eigenvalue weighted by molar-refractivity contribution is 0.321. The van der Waals surface area contributed by atoms with Crippen molar-refractivity contribution in [2.24, 2.45) is 5.16 Å². The van der Waals surface area contributed by atoms with E-state index in [9.17, 15) is 0 Å². The van der Waals surface area contributed by atoms with Gasteiger partial charge in [-0.2, -0.15) is 15.0 Å². The molecule has 0 saturated carbocycles. The Bertz CT molecular complexity index is 337. The minimum Gasteiger partial charge on any atom is -0.410 e. The maximum Gasteiger partial charge on any atom is 0.233 e. The SMILES string of the molecule is Cc1nc(NC=NO)nc(N(C)C)n1. The normalized spacial score (nSPS) is 10.5. The molecule has 7 heteroatoms. The van der Waals surface area contributed by atoms with E-state index in [0.717, 1.165) is 6.34 Å². The molecule has 0 atom stereocenters. The smallest absolute Gasteiger partial charge is 0.233 e. The van der Waals surface area contributed by atoms with E-state index < -0.39 is 0 Å². The molecular formula is C7H12N6O. The van der Waals surface area contributed by atoms with Crippen LogP contribution in [0, 0.1) is 6.92 Å². The molecule has 0 aromatic carbocycles. The molecule has 76 valence electrons. The number of anilines is 2. The highest BCUT2D eigenvalue weighted by molar-refractivity contribution is 5.71. The van der Waals surface area contributed by atoms with Crippen LogP contribution in [0.3, 0.4) is 0 Å². The molecule has 0 radical (unpaired) electrons. The van der Waals surface area contributed by atoms with Gasteiger partial charge in [0.05, 0.1) is 0 Å². The Hall–Kier alpha value is -1.92. The van der Waals surface area contributed by atoms with Crippen molar-refractivity contribution in [1.29, 1.82) is 0 Å². The van der Waals surface area contributed by atoms with Crippen LogP contribution in [0.2, 0.25) is 0 Å². The zero-order valence-electron chi connectivity index (χ0n) is 8.26. The lowest BCUT2D eigenvalue weighted by atomic mass is 10.6. The van der Waals surface area contributed by atoms with Gasteiger partial charge in [0.1, 0.15) is 12.2 Å². The monoisotopic (exact) mass is 196 g/mol. The van der Waals surface area contributed by atoms with Crippen LogP contribution in [0.25, 0.3) is 0 Å². The van der Waals surface area contributed by atoms with Gasteiger partial charge in [0.15, 0.2) is 0 Å². The molecule has 1 heterocycles. The van der Waals surface area contributed by atoms with Crippen LogP contribution >= 0.6 is 0 Å². The summed E-state index contributed by atoms with van der Waals surface area (Å²) < 4.78 is 0. The number of oxime groups is 1. The summed E-state index contributed by atoms with van der Waals surface area (Å²) in [4.78, 5) is 13.9. The van der Waals surface area contributed by atoms with Crippen molar-refractivity contribution < 1.29 is 5.21 Å². The molecule has 0 aliphatic carbocycles. The van der Waals surface area contributed by atoms with Crippen LogP contribution in [-0.2, 0) is 0 Å². The highest BCUT2D eigenvalue weighted by atomic mass is 16.4. The van der Waals surface area contributed by atoms with E-state index in [4.69, 9.17) is 5.21 Å². The molecule has 0 amide bonds. The first-order chi connectivity index (χ1) is 6.63. The third-order valence-corrected chi connectivity index (χ3v) is 1.39. The van der Waals surface area contributed by atoms with Gasteiger partial charge in [-0.05, 0) is 6.92 Å². The summed E-state index contributed by atoms with van der Waals surface area (Å²) in [5, 5.41) is 13.6.